The highest BCUT2D eigenvalue weighted by Gasteiger charge is 2.23. The molecule has 1 aliphatic rings. The molecule has 3 heterocycles. The van der Waals surface area contributed by atoms with Gasteiger partial charge in [-0.1, -0.05) is 24.3 Å². The van der Waals surface area contributed by atoms with E-state index in [1.54, 1.807) is 4.31 Å². The van der Waals surface area contributed by atoms with E-state index in [1.165, 1.54) is 11.8 Å². The highest BCUT2D eigenvalue weighted by atomic mass is 32.2. The summed E-state index contributed by atoms with van der Waals surface area (Å²) in [6, 6.07) is 16.7. The monoisotopic (exact) mass is 409 g/mol. The van der Waals surface area contributed by atoms with Crippen molar-refractivity contribution in [2.75, 3.05) is 32.4 Å². The summed E-state index contributed by atoms with van der Waals surface area (Å²) in [6.45, 7) is 3.44. The van der Waals surface area contributed by atoms with Gasteiger partial charge in [0.25, 0.3) is 0 Å². The zero-order valence-electron chi connectivity index (χ0n) is 16.2. The number of nitrogens with one attached hydrogen (secondary N) is 2. The number of para-hydroxylation sites is 1. The van der Waals surface area contributed by atoms with Gasteiger partial charge in [-0.15, -0.1) is 0 Å². The zero-order valence-corrected chi connectivity index (χ0v) is 17.0. The lowest BCUT2D eigenvalue weighted by molar-refractivity contribution is 0.182. The third-order valence-corrected chi connectivity index (χ3v) is 6.92. The zero-order chi connectivity index (χ0) is 20.0. The Hall–Kier alpha value is -2.68. The lowest BCUT2D eigenvalue weighted by atomic mass is 10.1. The number of hydrogen-bond acceptors (Lipinski definition) is 4. The van der Waals surface area contributed by atoms with Crippen molar-refractivity contribution < 1.29 is 8.42 Å². The predicted octanol–water partition coefficient (Wildman–Crippen LogP) is 2.79. The Morgan fingerprint density at radius 1 is 1.00 bits per heavy atom. The largest absolute Gasteiger partial charge is 0.353 e. The Kier molecular flexibility index (Phi) is 4.42. The van der Waals surface area contributed by atoms with Crippen LogP contribution in [0.4, 0.5) is 0 Å². The Morgan fingerprint density at radius 3 is 2.59 bits per heavy atom. The first-order chi connectivity index (χ1) is 14.0. The van der Waals surface area contributed by atoms with Crippen molar-refractivity contribution >= 4 is 31.8 Å². The molecule has 0 bridgehead atoms. The van der Waals surface area contributed by atoms with Crippen LogP contribution in [0, 0.1) is 0 Å². The molecule has 1 aliphatic heterocycles. The van der Waals surface area contributed by atoms with Crippen LogP contribution in [0.3, 0.4) is 0 Å². The molecule has 1 fully saturated rings. The van der Waals surface area contributed by atoms with Gasteiger partial charge < -0.3 is 4.98 Å². The smallest absolute Gasteiger partial charge is 0.211 e. The summed E-state index contributed by atoms with van der Waals surface area (Å²) in [5.41, 5.74) is 5.25. The second kappa shape index (κ2) is 6.98. The van der Waals surface area contributed by atoms with E-state index >= 15 is 0 Å². The number of benzene rings is 2. The molecule has 0 spiro atoms. The normalized spacial score (nSPS) is 16.7. The van der Waals surface area contributed by atoms with E-state index in [0.717, 1.165) is 52.8 Å². The minimum Gasteiger partial charge on any atom is -0.353 e. The Bertz CT molecular complexity index is 1280. The van der Waals surface area contributed by atoms with Gasteiger partial charge in [0.15, 0.2) is 0 Å². The van der Waals surface area contributed by atoms with Gasteiger partial charge in [0.05, 0.1) is 17.5 Å². The average molecular weight is 410 g/mol. The Labute approximate surface area is 169 Å². The van der Waals surface area contributed by atoms with E-state index in [4.69, 9.17) is 0 Å². The summed E-state index contributed by atoms with van der Waals surface area (Å²) in [5, 5.41) is 9.82. The molecule has 7 nitrogen and oxygen atoms in total. The van der Waals surface area contributed by atoms with Gasteiger partial charge in [0.1, 0.15) is 5.69 Å². The van der Waals surface area contributed by atoms with E-state index in [-0.39, 0.29) is 0 Å². The molecule has 0 amide bonds. The molecule has 1 saturated heterocycles. The Morgan fingerprint density at radius 2 is 1.79 bits per heavy atom. The highest BCUT2D eigenvalue weighted by molar-refractivity contribution is 7.88. The molecular formula is C21H23N5O2S. The molecule has 0 radical (unpaired) electrons. The summed E-state index contributed by atoms with van der Waals surface area (Å²) in [4.78, 5) is 5.78. The van der Waals surface area contributed by atoms with Crippen molar-refractivity contribution in [3.05, 3.63) is 54.1 Å². The van der Waals surface area contributed by atoms with E-state index in [2.05, 4.69) is 50.4 Å². The van der Waals surface area contributed by atoms with Crippen LogP contribution >= 0.6 is 0 Å². The van der Waals surface area contributed by atoms with Crippen LogP contribution in [0.2, 0.25) is 0 Å². The van der Waals surface area contributed by atoms with Gasteiger partial charge in [-0.3, -0.25) is 10.00 Å². The molecular weight excluding hydrogens is 386 g/mol. The first-order valence-corrected chi connectivity index (χ1v) is 11.5. The van der Waals surface area contributed by atoms with Crippen LogP contribution in [0.1, 0.15) is 5.56 Å². The molecule has 0 atom stereocenters. The molecule has 4 aromatic rings. The van der Waals surface area contributed by atoms with Crippen molar-refractivity contribution in [2.45, 2.75) is 6.54 Å². The minimum atomic E-state index is -3.09. The van der Waals surface area contributed by atoms with Gasteiger partial charge in [0.2, 0.25) is 10.0 Å². The van der Waals surface area contributed by atoms with Gasteiger partial charge in [-0.05, 0) is 29.8 Å². The van der Waals surface area contributed by atoms with Crippen LogP contribution in [0.5, 0.6) is 0 Å². The minimum absolute atomic E-state index is 0.557. The van der Waals surface area contributed by atoms with Crippen LogP contribution < -0.4 is 0 Å². The second-order valence-corrected chi connectivity index (χ2v) is 9.64. The van der Waals surface area contributed by atoms with Gasteiger partial charge >= 0.3 is 0 Å². The van der Waals surface area contributed by atoms with Crippen molar-refractivity contribution in [2.24, 2.45) is 0 Å². The van der Waals surface area contributed by atoms with E-state index in [1.807, 2.05) is 18.2 Å². The number of piperazine rings is 1. The number of aromatic nitrogens is 3. The second-order valence-electron chi connectivity index (χ2n) is 7.66. The number of H-pyrrole nitrogens is 2. The summed E-state index contributed by atoms with van der Waals surface area (Å²) in [6.07, 6.45) is 1.28. The molecule has 2 aromatic heterocycles. The molecule has 0 unspecified atom stereocenters. The van der Waals surface area contributed by atoms with Crippen LogP contribution in [-0.2, 0) is 16.6 Å². The first-order valence-electron chi connectivity index (χ1n) is 9.70. The van der Waals surface area contributed by atoms with Crippen molar-refractivity contribution in [3.63, 3.8) is 0 Å². The van der Waals surface area contributed by atoms with E-state index in [9.17, 15) is 8.42 Å². The number of sulfonamides is 1. The van der Waals surface area contributed by atoms with Crippen molar-refractivity contribution in [1.29, 1.82) is 0 Å². The van der Waals surface area contributed by atoms with Gasteiger partial charge in [0, 0.05) is 49.0 Å². The first kappa shape index (κ1) is 18.4. The summed E-state index contributed by atoms with van der Waals surface area (Å²) < 4.78 is 24.9. The third kappa shape index (κ3) is 3.55. The van der Waals surface area contributed by atoms with Crippen LogP contribution in [-0.4, -0.2) is 65.2 Å². The number of fused-ring (bicyclic) bond motifs is 2. The summed E-state index contributed by atoms with van der Waals surface area (Å²) in [7, 11) is -3.09. The third-order valence-electron chi connectivity index (χ3n) is 5.62. The van der Waals surface area contributed by atoms with Crippen LogP contribution in [0.25, 0.3) is 33.2 Å². The maximum atomic E-state index is 11.7. The SMILES string of the molecule is CS(=O)(=O)N1CCN(Cc2ccc3[nH]c(-c4n[nH]c5ccccc45)cc3c2)CC1. The topological polar surface area (TPSA) is 85.1 Å². The maximum Gasteiger partial charge on any atom is 0.211 e. The average Bonchev–Trinajstić information content (AvgIpc) is 3.31. The molecule has 5 rings (SSSR count). The molecule has 0 saturated carbocycles. The van der Waals surface area contributed by atoms with Crippen LogP contribution in [0.15, 0.2) is 48.5 Å². The maximum absolute atomic E-state index is 11.7. The number of hydrogen-bond donors (Lipinski definition) is 2. The number of aromatic amines is 2. The lowest BCUT2D eigenvalue weighted by Gasteiger charge is -2.33. The fourth-order valence-corrected chi connectivity index (χ4v) is 4.88. The quantitative estimate of drug-likeness (QED) is 0.543. The lowest BCUT2D eigenvalue weighted by Crippen LogP contribution is -2.47. The van der Waals surface area contributed by atoms with Crippen molar-refractivity contribution in [3.8, 4) is 11.4 Å². The van der Waals surface area contributed by atoms with Gasteiger partial charge in [-0.2, -0.15) is 9.40 Å². The highest BCUT2D eigenvalue weighted by Crippen LogP contribution is 2.29. The predicted molar refractivity (Wildman–Crippen MR) is 115 cm³/mol. The molecule has 29 heavy (non-hydrogen) atoms. The Balaban J connectivity index is 1.36. The molecule has 0 aliphatic carbocycles. The fourth-order valence-electron chi connectivity index (χ4n) is 4.05. The molecule has 2 aromatic carbocycles. The fraction of sp³-hybridized carbons (Fsp3) is 0.286. The number of rotatable bonds is 4. The summed E-state index contributed by atoms with van der Waals surface area (Å²) in [5.74, 6) is 0. The molecule has 2 N–H and O–H groups in total. The molecule has 150 valence electrons. The summed E-state index contributed by atoms with van der Waals surface area (Å²) >= 11 is 0. The van der Waals surface area contributed by atoms with E-state index in [0.29, 0.717) is 13.1 Å². The standard InChI is InChI=1S/C21H23N5O2S/c1-29(27,28)26-10-8-25(9-11-26)14-15-6-7-18-16(12-15)13-20(22-18)21-17-4-2-3-5-19(17)23-24-21/h2-7,12-13,22H,8-11,14H2,1H3,(H,23,24). The number of nitrogens with zero attached hydrogens (tertiary/aromatic N) is 3. The van der Waals surface area contributed by atoms with Crippen molar-refractivity contribution in [1.82, 2.24) is 24.4 Å². The van der Waals surface area contributed by atoms with E-state index < -0.39 is 10.0 Å². The molecule has 8 heteroatoms. The van der Waals surface area contributed by atoms with Gasteiger partial charge in [-0.25, -0.2) is 8.42 Å².